The van der Waals surface area contributed by atoms with Gasteiger partial charge in [0.15, 0.2) is 0 Å². The molecule has 0 bridgehead atoms. The Balaban J connectivity index is 1.90. The van der Waals surface area contributed by atoms with Gasteiger partial charge in [0.05, 0.1) is 12.7 Å². The fraction of sp³-hybridized carbons (Fsp3) is 0.667. The molecule has 1 atom stereocenters. The molecule has 2 rings (SSSR count). The molecule has 0 unspecified atom stereocenters. The molecule has 1 saturated heterocycles. The molecule has 1 aromatic heterocycles. The van der Waals surface area contributed by atoms with E-state index in [1.54, 1.807) is 17.5 Å². The summed E-state index contributed by atoms with van der Waals surface area (Å²) in [5.41, 5.74) is 0. The summed E-state index contributed by atoms with van der Waals surface area (Å²) >= 11 is 7.41. The van der Waals surface area contributed by atoms with Crippen molar-refractivity contribution in [2.24, 2.45) is 0 Å². The minimum absolute atomic E-state index is 0.583. The van der Waals surface area contributed by atoms with Crippen molar-refractivity contribution < 1.29 is 0 Å². The summed E-state index contributed by atoms with van der Waals surface area (Å²) in [6.07, 6.45) is 1.73. The number of piperazine rings is 1. The average molecular weight is 232 g/mol. The van der Waals surface area contributed by atoms with Gasteiger partial charge in [-0.25, -0.2) is 4.98 Å². The molecule has 1 aromatic rings. The smallest absolute Gasteiger partial charge is 0.113 e. The Morgan fingerprint density at radius 1 is 1.79 bits per heavy atom. The molecule has 0 aliphatic carbocycles. The first kappa shape index (κ1) is 10.4. The van der Waals surface area contributed by atoms with Crippen LogP contribution in [0.4, 0.5) is 0 Å². The van der Waals surface area contributed by atoms with E-state index in [0.29, 0.717) is 6.04 Å². The van der Waals surface area contributed by atoms with Crippen molar-refractivity contribution in [1.82, 2.24) is 15.2 Å². The first-order valence-electron chi connectivity index (χ1n) is 4.80. The Bertz CT molecular complexity index is 302. The maximum absolute atomic E-state index is 5.83. The van der Waals surface area contributed by atoms with Gasteiger partial charge in [-0.05, 0) is 6.92 Å². The quantitative estimate of drug-likeness (QED) is 0.838. The predicted molar refractivity (Wildman–Crippen MR) is 59.9 cm³/mol. The Morgan fingerprint density at radius 2 is 2.64 bits per heavy atom. The minimum Gasteiger partial charge on any atom is -0.312 e. The normalized spacial score (nSPS) is 24.0. The molecule has 2 heterocycles. The molecule has 0 amide bonds. The average Bonchev–Trinajstić information content (AvgIpc) is 2.51. The predicted octanol–water partition coefficient (Wildman–Crippen LogP) is 1.59. The van der Waals surface area contributed by atoms with Gasteiger partial charge in [0, 0.05) is 25.7 Å². The summed E-state index contributed by atoms with van der Waals surface area (Å²) in [5, 5.41) is 4.53. The Labute approximate surface area is 93.1 Å². The van der Waals surface area contributed by atoms with Gasteiger partial charge in [-0.15, -0.1) is 11.3 Å². The highest BCUT2D eigenvalue weighted by Crippen LogP contribution is 2.19. The molecule has 78 valence electrons. The SMILES string of the molecule is C[C@@H]1CN(Cc2ncc(Cl)s2)CCN1. The number of rotatable bonds is 2. The van der Waals surface area contributed by atoms with Gasteiger partial charge < -0.3 is 5.32 Å². The topological polar surface area (TPSA) is 28.2 Å². The molecule has 0 radical (unpaired) electrons. The van der Waals surface area contributed by atoms with Crippen molar-refractivity contribution in [2.75, 3.05) is 19.6 Å². The second kappa shape index (κ2) is 4.57. The summed E-state index contributed by atoms with van der Waals surface area (Å²) in [4.78, 5) is 6.67. The fourth-order valence-electron chi connectivity index (χ4n) is 1.71. The van der Waals surface area contributed by atoms with Crippen molar-refractivity contribution in [3.8, 4) is 0 Å². The van der Waals surface area contributed by atoms with Gasteiger partial charge in [-0.3, -0.25) is 4.90 Å². The molecule has 1 fully saturated rings. The highest BCUT2D eigenvalue weighted by Gasteiger charge is 2.16. The second-order valence-electron chi connectivity index (χ2n) is 3.65. The largest absolute Gasteiger partial charge is 0.312 e. The minimum atomic E-state index is 0.583. The lowest BCUT2D eigenvalue weighted by molar-refractivity contribution is 0.199. The van der Waals surface area contributed by atoms with Crippen LogP contribution in [0.2, 0.25) is 4.34 Å². The van der Waals surface area contributed by atoms with Crippen LogP contribution in [-0.4, -0.2) is 35.6 Å². The van der Waals surface area contributed by atoms with Crippen LogP contribution in [0.25, 0.3) is 0 Å². The summed E-state index contributed by atoms with van der Waals surface area (Å²) < 4.78 is 0.781. The van der Waals surface area contributed by atoms with Crippen molar-refractivity contribution in [2.45, 2.75) is 19.5 Å². The zero-order valence-corrected chi connectivity index (χ0v) is 9.74. The van der Waals surface area contributed by atoms with E-state index in [1.807, 2.05) is 0 Å². The van der Waals surface area contributed by atoms with E-state index in [0.717, 1.165) is 35.5 Å². The molecule has 14 heavy (non-hydrogen) atoms. The highest BCUT2D eigenvalue weighted by atomic mass is 35.5. The Morgan fingerprint density at radius 3 is 3.29 bits per heavy atom. The fourth-order valence-corrected chi connectivity index (χ4v) is 2.71. The number of halogens is 1. The van der Waals surface area contributed by atoms with E-state index in [1.165, 1.54) is 0 Å². The third-order valence-corrected chi connectivity index (χ3v) is 3.44. The van der Waals surface area contributed by atoms with Crippen LogP contribution in [0.1, 0.15) is 11.9 Å². The van der Waals surface area contributed by atoms with Gasteiger partial charge in [0.2, 0.25) is 0 Å². The van der Waals surface area contributed by atoms with Crippen molar-refractivity contribution in [3.63, 3.8) is 0 Å². The van der Waals surface area contributed by atoms with Crippen LogP contribution in [0.5, 0.6) is 0 Å². The maximum Gasteiger partial charge on any atom is 0.113 e. The van der Waals surface area contributed by atoms with E-state index >= 15 is 0 Å². The molecule has 0 spiro atoms. The molecular weight excluding hydrogens is 218 g/mol. The first-order valence-corrected chi connectivity index (χ1v) is 5.99. The van der Waals surface area contributed by atoms with E-state index in [9.17, 15) is 0 Å². The highest BCUT2D eigenvalue weighted by molar-refractivity contribution is 7.15. The molecule has 3 nitrogen and oxygen atoms in total. The van der Waals surface area contributed by atoms with E-state index in [2.05, 4.69) is 22.1 Å². The lowest BCUT2D eigenvalue weighted by atomic mass is 10.2. The third kappa shape index (κ3) is 2.67. The first-order chi connectivity index (χ1) is 6.74. The summed E-state index contributed by atoms with van der Waals surface area (Å²) in [6.45, 7) is 6.41. The molecular formula is C9H14ClN3S. The number of hydrogen-bond donors (Lipinski definition) is 1. The number of thiazole rings is 1. The standard InChI is InChI=1S/C9H14ClN3S/c1-7-5-13(3-2-11-7)6-9-12-4-8(10)14-9/h4,7,11H,2-3,5-6H2,1H3/t7-/m1/s1. The van der Waals surface area contributed by atoms with Crippen LogP contribution >= 0.6 is 22.9 Å². The van der Waals surface area contributed by atoms with E-state index in [4.69, 9.17) is 11.6 Å². The van der Waals surface area contributed by atoms with Gasteiger partial charge >= 0.3 is 0 Å². The van der Waals surface area contributed by atoms with Gasteiger partial charge in [-0.2, -0.15) is 0 Å². The van der Waals surface area contributed by atoms with Gasteiger partial charge in [0.1, 0.15) is 9.34 Å². The zero-order valence-electron chi connectivity index (χ0n) is 8.16. The number of nitrogens with zero attached hydrogens (tertiary/aromatic N) is 2. The molecule has 1 aliphatic heterocycles. The molecule has 5 heteroatoms. The van der Waals surface area contributed by atoms with Gasteiger partial charge in [0.25, 0.3) is 0 Å². The zero-order chi connectivity index (χ0) is 9.97. The lowest BCUT2D eigenvalue weighted by Crippen LogP contribution is -2.48. The summed E-state index contributed by atoms with van der Waals surface area (Å²) in [7, 11) is 0. The van der Waals surface area contributed by atoms with Crippen molar-refractivity contribution in [3.05, 3.63) is 15.5 Å². The Hall–Kier alpha value is -0.160. The number of aromatic nitrogens is 1. The summed E-state index contributed by atoms with van der Waals surface area (Å²) in [5.74, 6) is 0. The third-order valence-electron chi connectivity index (χ3n) is 2.34. The maximum atomic E-state index is 5.83. The van der Waals surface area contributed by atoms with Crippen LogP contribution in [0.15, 0.2) is 6.20 Å². The summed E-state index contributed by atoms with van der Waals surface area (Å²) in [6, 6.07) is 0.583. The Kier molecular flexibility index (Phi) is 3.38. The van der Waals surface area contributed by atoms with E-state index in [-0.39, 0.29) is 0 Å². The molecule has 1 N–H and O–H groups in total. The van der Waals surface area contributed by atoms with Crippen LogP contribution in [0, 0.1) is 0 Å². The molecule has 0 saturated carbocycles. The van der Waals surface area contributed by atoms with E-state index < -0.39 is 0 Å². The van der Waals surface area contributed by atoms with Crippen LogP contribution in [0.3, 0.4) is 0 Å². The van der Waals surface area contributed by atoms with Crippen LogP contribution < -0.4 is 5.32 Å². The van der Waals surface area contributed by atoms with Crippen molar-refractivity contribution >= 4 is 22.9 Å². The number of nitrogens with one attached hydrogen (secondary N) is 1. The monoisotopic (exact) mass is 231 g/mol. The van der Waals surface area contributed by atoms with Crippen LogP contribution in [-0.2, 0) is 6.54 Å². The lowest BCUT2D eigenvalue weighted by Gasteiger charge is -2.30. The van der Waals surface area contributed by atoms with Gasteiger partial charge in [-0.1, -0.05) is 11.6 Å². The molecule has 0 aromatic carbocycles. The molecule has 1 aliphatic rings. The number of hydrogen-bond acceptors (Lipinski definition) is 4. The van der Waals surface area contributed by atoms with Crippen molar-refractivity contribution in [1.29, 1.82) is 0 Å². The second-order valence-corrected chi connectivity index (χ2v) is 5.39.